The zero-order valence-corrected chi connectivity index (χ0v) is 14.4. The fourth-order valence-electron chi connectivity index (χ4n) is 2.16. The monoisotopic (exact) mass is 337 g/mol. The number of aromatic nitrogens is 4. The van der Waals surface area contributed by atoms with Crippen molar-refractivity contribution in [3.8, 4) is 0 Å². The molecule has 23 heavy (non-hydrogen) atoms. The first-order valence-electron chi connectivity index (χ1n) is 7.09. The summed E-state index contributed by atoms with van der Waals surface area (Å²) in [5.41, 5.74) is 2.65. The predicted octanol–water partition coefficient (Wildman–Crippen LogP) is 0.685. The Balaban J connectivity index is 2.10. The Morgan fingerprint density at radius 2 is 2.04 bits per heavy atom. The average Bonchev–Trinajstić information content (AvgIpc) is 2.95. The smallest absolute Gasteiger partial charge is 0.306 e. The van der Waals surface area contributed by atoms with E-state index in [1.165, 1.54) is 18.8 Å². The van der Waals surface area contributed by atoms with Crippen LogP contribution in [-0.4, -0.2) is 51.4 Å². The molecule has 0 radical (unpaired) electrons. The van der Waals surface area contributed by atoms with Gasteiger partial charge in [-0.15, -0.1) is 5.10 Å². The first kappa shape index (κ1) is 17.2. The summed E-state index contributed by atoms with van der Waals surface area (Å²) in [6, 6.07) is 0. The highest BCUT2D eigenvalue weighted by molar-refractivity contribution is 7.98. The summed E-state index contributed by atoms with van der Waals surface area (Å²) < 4.78 is 6.58. The Bertz CT molecular complexity index is 744. The number of ether oxygens (including phenoxy) is 1. The lowest BCUT2D eigenvalue weighted by molar-refractivity contribution is -0.148. The number of carbonyl (C=O) groups excluding carboxylic acids is 2. The molecule has 9 heteroatoms. The second kappa shape index (κ2) is 7.40. The van der Waals surface area contributed by atoms with Crippen LogP contribution >= 0.6 is 11.8 Å². The summed E-state index contributed by atoms with van der Waals surface area (Å²) in [6.07, 6.45) is 2.55. The van der Waals surface area contributed by atoms with Crippen LogP contribution in [0.1, 0.15) is 23.4 Å². The van der Waals surface area contributed by atoms with Crippen LogP contribution in [0.5, 0.6) is 0 Å². The van der Waals surface area contributed by atoms with Crippen molar-refractivity contribution in [3.05, 3.63) is 17.0 Å². The lowest BCUT2D eigenvalue weighted by Gasteiger charge is -2.10. The summed E-state index contributed by atoms with van der Waals surface area (Å²) in [6.45, 7) is 3.54. The molecule has 0 unspecified atom stereocenters. The van der Waals surface area contributed by atoms with Crippen LogP contribution in [0, 0.1) is 13.8 Å². The SMILES string of the molecule is CNC(=O)COC(=O)CCc1c(C)nc2nc(SC)nn2c1C. The van der Waals surface area contributed by atoms with E-state index in [1.807, 2.05) is 20.1 Å². The number of aryl methyl sites for hydroxylation is 2. The van der Waals surface area contributed by atoms with Gasteiger partial charge in [-0.25, -0.2) is 9.50 Å². The molecule has 1 N–H and O–H groups in total. The molecule has 0 aliphatic heterocycles. The molecule has 2 rings (SSSR count). The first-order valence-corrected chi connectivity index (χ1v) is 8.31. The highest BCUT2D eigenvalue weighted by atomic mass is 32.2. The quantitative estimate of drug-likeness (QED) is 0.611. The van der Waals surface area contributed by atoms with Crippen LogP contribution in [0.15, 0.2) is 5.16 Å². The highest BCUT2D eigenvalue weighted by Gasteiger charge is 2.15. The molecular formula is C14H19N5O3S. The Morgan fingerprint density at radius 1 is 1.30 bits per heavy atom. The maximum atomic E-state index is 11.7. The molecule has 0 aliphatic carbocycles. The minimum Gasteiger partial charge on any atom is -0.456 e. The van der Waals surface area contributed by atoms with Gasteiger partial charge in [-0.3, -0.25) is 9.59 Å². The number of hydrogen-bond donors (Lipinski definition) is 1. The van der Waals surface area contributed by atoms with E-state index in [9.17, 15) is 9.59 Å². The third-order valence-electron chi connectivity index (χ3n) is 3.43. The normalized spacial score (nSPS) is 10.8. The molecule has 2 aromatic heterocycles. The van der Waals surface area contributed by atoms with E-state index in [0.29, 0.717) is 17.4 Å². The molecule has 0 bridgehead atoms. The van der Waals surface area contributed by atoms with Crippen LogP contribution in [-0.2, 0) is 20.7 Å². The van der Waals surface area contributed by atoms with Gasteiger partial charge in [0.1, 0.15) is 0 Å². The van der Waals surface area contributed by atoms with Gasteiger partial charge < -0.3 is 10.1 Å². The molecular weight excluding hydrogens is 318 g/mol. The van der Waals surface area contributed by atoms with Crippen LogP contribution in [0.3, 0.4) is 0 Å². The summed E-state index contributed by atoms with van der Waals surface area (Å²) in [5.74, 6) is -0.202. The van der Waals surface area contributed by atoms with Gasteiger partial charge in [0.25, 0.3) is 11.7 Å². The van der Waals surface area contributed by atoms with Gasteiger partial charge in [0.2, 0.25) is 5.16 Å². The number of likely N-dealkylation sites (N-methyl/N-ethyl adjacent to an activating group) is 1. The standard InChI is InChI=1S/C14H19N5O3S/c1-8-10(5-6-12(21)22-7-11(20)15-3)9(2)19-13(16-8)17-14(18-19)23-4/h5-7H2,1-4H3,(H,15,20). The molecule has 2 heterocycles. The van der Waals surface area contributed by atoms with Crippen molar-refractivity contribution >= 4 is 29.4 Å². The van der Waals surface area contributed by atoms with Gasteiger partial charge in [-0.2, -0.15) is 4.98 Å². The summed E-state index contributed by atoms with van der Waals surface area (Å²) in [7, 11) is 1.49. The number of esters is 1. The number of nitrogens with zero attached hydrogens (tertiary/aromatic N) is 4. The van der Waals surface area contributed by atoms with Crippen LogP contribution in [0.4, 0.5) is 0 Å². The van der Waals surface area contributed by atoms with Crippen LogP contribution < -0.4 is 5.32 Å². The third kappa shape index (κ3) is 3.98. The first-order chi connectivity index (χ1) is 11.0. The van der Waals surface area contributed by atoms with Crippen molar-refractivity contribution < 1.29 is 14.3 Å². The highest BCUT2D eigenvalue weighted by Crippen LogP contribution is 2.18. The van der Waals surface area contributed by atoms with E-state index < -0.39 is 5.97 Å². The molecule has 0 fully saturated rings. The van der Waals surface area contributed by atoms with Crippen molar-refractivity contribution in [1.29, 1.82) is 0 Å². The second-order valence-electron chi connectivity index (χ2n) is 4.91. The molecule has 0 atom stereocenters. The van der Waals surface area contributed by atoms with E-state index in [1.54, 1.807) is 4.52 Å². The minimum atomic E-state index is -0.420. The second-order valence-corrected chi connectivity index (χ2v) is 5.68. The molecule has 0 saturated carbocycles. The van der Waals surface area contributed by atoms with Crippen LogP contribution in [0.2, 0.25) is 0 Å². The molecule has 0 aromatic carbocycles. The molecule has 124 valence electrons. The van der Waals surface area contributed by atoms with E-state index in [2.05, 4.69) is 20.4 Å². The summed E-state index contributed by atoms with van der Waals surface area (Å²) in [5, 5.41) is 7.42. The van der Waals surface area contributed by atoms with E-state index in [4.69, 9.17) is 4.74 Å². The number of fused-ring (bicyclic) bond motifs is 1. The van der Waals surface area contributed by atoms with Gasteiger partial charge in [0.05, 0.1) is 0 Å². The fourth-order valence-corrected chi connectivity index (χ4v) is 2.49. The number of rotatable bonds is 6. The zero-order chi connectivity index (χ0) is 17.0. The zero-order valence-electron chi connectivity index (χ0n) is 13.5. The van der Waals surface area contributed by atoms with Gasteiger partial charge in [-0.1, -0.05) is 11.8 Å². The van der Waals surface area contributed by atoms with Crippen molar-refractivity contribution in [2.45, 2.75) is 31.8 Å². The molecule has 0 aliphatic rings. The lowest BCUT2D eigenvalue weighted by Crippen LogP contribution is -2.25. The van der Waals surface area contributed by atoms with E-state index >= 15 is 0 Å². The molecule has 0 spiro atoms. The van der Waals surface area contributed by atoms with Crippen molar-refractivity contribution in [3.63, 3.8) is 0 Å². The Kier molecular flexibility index (Phi) is 5.54. The Hall–Kier alpha value is -2.16. The topological polar surface area (TPSA) is 98.5 Å². The minimum absolute atomic E-state index is 0.177. The molecule has 2 aromatic rings. The number of thioether (sulfide) groups is 1. The van der Waals surface area contributed by atoms with Gasteiger partial charge in [0, 0.05) is 24.9 Å². The molecule has 1 amide bonds. The third-order valence-corrected chi connectivity index (χ3v) is 3.97. The van der Waals surface area contributed by atoms with Crippen molar-refractivity contribution in [2.24, 2.45) is 0 Å². The largest absolute Gasteiger partial charge is 0.456 e. The lowest BCUT2D eigenvalue weighted by atomic mass is 10.1. The molecule has 0 saturated heterocycles. The van der Waals surface area contributed by atoms with E-state index in [-0.39, 0.29) is 18.9 Å². The molecule has 8 nitrogen and oxygen atoms in total. The van der Waals surface area contributed by atoms with Crippen molar-refractivity contribution in [2.75, 3.05) is 19.9 Å². The average molecular weight is 337 g/mol. The maximum Gasteiger partial charge on any atom is 0.306 e. The predicted molar refractivity (Wildman–Crippen MR) is 85.4 cm³/mol. The van der Waals surface area contributed by atoms with Gasteiger partial charge in [-0.05, 0) is 32.1 Å². The Morgan fingerprint density at radius 3 is 2.70 bits per heavy atom. The number of hydrogen-bond acceptors (Lipinski definition) is 7. The fraction of sp³-hybridized carbons (Fsp3) is 0.500. The van der Waals surface area contributed by atoms with Crippen molar-refractivity contribution in [1.82, 2.24) is 24.9 Å². The Labute approximate surface area is 138 Å². The number of carbonyl (C=O) groups is 2. The van der Waals surface area contributed by atoms with E-state index in [0.717, 1.165) is 17.0 Å². The summed E-state index contributed by atoms with van der Waals surface area (Å²) in [4.78, 5) is 31.5. The van der Waals surface area contributed by atoms with Gasteiger partial charge >= 0.3 is 5.97 Å². The number of nitrogens with one attached hydrogen (secondary N) is 1. The number of amides is 1. The van der Waals surface area contributed by atoms with Gasteiger partial charge in [0.15, 0.2) is 6.61 Å². The summed E-state index contributed by atoms with van der Waals surface area (Å²) >= 11 is 1.45. The van der Waals surface area contributed by atoms with Crippen LogP contribution in [0.25, 0.3) is 5.78 Å². The maximum absolute atomic E-state index is 11.7.